The van der Waals surface area contributed by atoms with Gasteiger partial charge in [0.15, 0.2) is 24.4 Å². The summed E-state index contributed by atoms with van der Waals surface area (Å²) in [5.41, 5.74) is 0. The Kier molecular flexibility index (Phi) is 11.0. The predicted octanol–water partition coefficient (Wildman–Crippen LogP) is 0.171. The van der Waals surface area contributed by atoms with Gasteiger partial charge in [-0.2, -0.15) is 0 Å². The van der Waals surface area contributed by atoms with Gasteiger partial charge in [-0.15, -0.1) is 11.8 Å². The Morgan fingerprint density at radius 1 is 0.800 bits per heavy atom. The quantitative estimate of drug-likeness (QED) is 0.277. The van der Waals surface area contributed by atoms with Gasteiger partial charge in [0.1, 0.15) is 12.6 Å². The second kappa shape index (κ2) is 12.7. The number of esters is 5. The lowest BCUT2D eigenvalue weighted by atomic mass is 10.00. The van der Waals surface area contributed by atoms with E-state index >= 15 is 0 Å². The molecule has 1 aliphatic rings. The predicted molar refractivity (Wildman–Crippen MR) is 119 cm³/mol. The maximum Gasteiger partial charge on any atom is 0.322 e. The van der Waals surface area contributed by atoms with Gasteiger partial charge < -0.3 is 28.8 Å². The highest BCUT2D eigenvalue weighted by Gasteiger charge is 2.54. The van der Waals surface area contributed by atoms with Gasteiger partial charge in [0.2, 0.25) is 0 Å². The zero-order valence-corrected chi connectivity index (χ0v) is 21.3. The van der Waals surface area contributed by atoms with Gasteiger partial charge in [-0.05, 0) is 13.8 Å². The molecule has 1 aliphatic heterocycles. The van der Waals surface area contributed by atoms with Crippen LogP contribution in [0.15, 0.2) is 0 Å². The molecule has 0 spiro atoms. The first-order valence-corrected chi connectivity index (χ1v) is 11.4. The van der Waals surface area contributed by atoms with Gasteiger partial charge in [-0.25, -0.2) is 0 Å². The first-order chi connectivity index (χ1) is 16.0. The Hall–Kier alpha value is -2.87. The Morgan fingerprint density at radius 2 is 1.29 bits per heavy atom. The van der Waals surface area contributed by atoms with Crippen LogP contribution in [0.5, 0.6) is 0 Å². The summed E-state index contributed by atoms with van der Waals surface area (Å²) in [5.74, 6) is -5.27. The normalized spacial score (nSPS) is 22.0. The monoisotopic (exact) mass is 521 g/mol. The summed E-state index contributed by atoms with van der Waals surface area (Å²) in [4.78, 5) is 70.9. The number of carbonyl (C=O) groups is 6. The lowest BCUT2D eigenvalue weighted by Gasteiger charge is -2.37. The number of carbonyl (C=O) groups excluding carboxylic acids is 5. The number of carboxylic acid groups (broad SMARTS) is 1. The van der Waals surface area contributed by atoms with E-state index in [4.69, 9.17) is 23.7 Å². The SMILES string of the molecule is CC(=O)OC[C@@H](OC(C)=O)[C@H](OC(C)=O)[C@H](OC(C)=O)[C@@H](OC(C)=O)C1N[C@@H](C(=O)O)C(C)(C)S1. The molecule has 1 unspecified atom stereocenters. The summed E-state index contributed by atoms with van der Waals surface area (Å²) in [5, 5.41) is 11.5. The molecule has 0 saturated carbocycles. The van der Waals surface area contributed by atoms with Crippen molar-refractivity contribution in [3.63, 3.8) is 0 Å². The molecule has 198 valence electrons. The van der Waals surface area contributed by atoms with E-state index in [0.29, 0.717) is 0 Å². The standard InChI is InChI=1S/C21H31NO12S/c1-9(23)30-8-14(31-10(2)24)15(32-11(3)25)16(33-12(4)26)17(34-13(5)27)19-22-18(20(28)29)21(6,7)35-19/h14-19,22H,8H2,1-7H3,(H,28,29)/t14-,15+,16+,17-,18+,19?/m1/s1. The number of thioether (sulfide) groups is 1. The number of aliphatic carboxylic acids is 1. The van der Waals surface area contributed by atoms with Crippen LogP contribution in [0.3, 0.4) is 0 Å². The average Bonchev–Trinajstić information content (AvgIpc) is 3.00. The van der Waals surface area contributed by atoms with E-state index < -0.39 is 83.0 Å². The molecule has 13 nitrogen and oxygen atoms in total. The lowest BCUT2D eigenvalue weighted by molar-refractivity contribution is -0.203. The van der Waals surface area contributed by atoms with Crippen molar-refractivity contribution < 1.29 is 57.6 Å². The summed E-state index contributed by atoms with van der Waals surface area (Å²) in [7, 11) is 0. The number of hydrogen-bond acceptors (Lipinski definition) is 13. The number of rotatable bonds is 11. The van der Waals surface area contributed by atoms with Crippen LogP contribution in [-0.2, 0) is 52.5 Å². The molecular formula is C21H31NO12S. The molecule has 14 heteroatoms. The molecule has 0 radical (unpaired) electrons. The number of hydrogen-bond donors (Lipinski definition) is 2. The van der Waals surface area contributed by atoms with E-state index in [0.717, 1.165) is 46.4 Å². The van der Waals surface area contributed by atoms with Crippen molar-refractivity contribution in [2.45, 2.75) is 89.0 Å². The molecule has 35 heavy (non-hydrogen) atoms. The van der Waals surface area contributed by atoms with Gasteiger partial charge in [0, 0.05) is 39.4 Å². The van der Waals surface area contributed by atoms with E-state index in [2.05, 4.69) is 5.32 Å². The summed E-state index contributed by atoms with van der Waals surface area (Å²) < 4.78 is 25.4. The third-order valence-electron chi connectivity index (χ3n) is 4.69. The largest absolute Gasteiger partial charge is 0.480 e. The molecule has 0 aromatic rings. The molecule has 0 aromatic heterocycles. The smallest absolute Gasteiger partial charge is 0.322 e. The van der Waals surface area contributed by atoms with Crippen molar-refractivity contribution in [3.05, 3.63) is 0 Å². The minimum absolute atomic E-state index is 0.577. The first-order valence-electron chi connectivity index (χ1n) is 10.5. The van der Waals surface area contributed by atoms with Gasteiger partial charge in [0.05, 0.1) is 5.37 Å². The van der Waals surface area contributed by atoms with Crippen molar-refractivity contribution in [2.75, 3.05) is 6.61 Å². The summed E-state index contributed by atoms with van der Waals surface area (Å²) >= 11 is 1.10. The number of nitrogens with one attached hydrogen (secondary N) is 1. The van der Waals surface area contributed by atoms with E-state index in [1.807, 2.05) is 0 Å². The van der Waals surface area contributed by atoms with Crippen LogP contribution in [0.2, 0.25) is 0 Å². The molecule has 6 atom stereocenters. The van der Waals surface area contributed by atoms with Gasteiger partial charge >= 0.3 is 35.8 Å². The molecule has 1 fully saturated rings. The van der Waals surface area contributed by atoms with Crippen molar-refractivity contribution >= 4 is 47.6 Å². The van der Waals surface area contributed by atoms with E-state index in [-0.39, 0.29) is 0 Å². The second-order valence-electron chi connectivity index (χ2n) is 8.25. The fraction of sp³-hybridized carbons (Fsp3) is 0.714. The van der Waals surface area contributed by atoms with Crippen LogP contribution >= 0.6 is 11.8 Å². The van der Waals surface area contributed by atoms with Crippen molar-refractivity contribution in [1.29, 1.82) is 0 Å². The third-order valence-corrected chi connectivity index (χ3v) is 6.19. The topological polar surface area (TPSA) is 181 Å². The van der Waals surface area contributed by atoms with Crippen LogP contribution < -0.4 is 5.32 Å². The highest BCUT2D eigenvalue weighted by molar-refractivity contribution is 8.01. The highest BCUT2D eigenvalue weighted by atomic mass is 32.2. The molecule has 0 bridgehead atoms. The molecule has 0 aromatic carbocycles. The first kappa shape index (κ1) is 30.2. The molecule has 0 aliphatic carbocycles. The fourth-order valence-electron chi connectivity index (χ4n) is 3.49. The molecule has 1 saturated heterocycles. The molecule has 1 rings (SSSR count). The van der Waals surface area contributed by atoms with Crippen LogP contribution in [-0.4, -0.2) is 88.1 Å². The van der Waals surface area contributed by atoms with Crippen molar-refractivity contribution in [1.82, 2.24) is 5.32 Å². The number of ether oxygens (including phenoxy) is 5. The third kappa shape index (κ3) is 9.36. The van der Waals surface area contributed by atoms with Crippen molar-refractivity contribution in [3.8, 4) is 0 Å². The maximum atomic E-state index is 12.0. The Bertz CT molecular complexity index is 844. The van der Waals surface area contributed by atoms with Gasteiger partial charge in [-0.3, -0.25) is 34.1 Å². The van der Waals surface area contributed by atoms with Gasteiger partial charge in [0.25, 0.3) is 0 Å². The van der Waals surface area contributed by atoms with Gasteiger partial charge in [-0.1, -0.05) is 0 Å². The van der Waals surface area contributed by atoms with Crippen LogP contribution in [0.25, 0.3) is 0 Å². The average molecular weight is 522 g/mol. The minimum Gasteiger partial charge on any atom is -0.480 e. The van der Waals surface area contributed by atoms with E-state index in [9.17, 15) is 33.9 Å². The zero-order valence-electron chi connectivity index (χ0n) is 20.5. The second-order valence-corrected chi connectivity index (χ2v) is 10.0. The number of carboxylic acids is 1. The molecule has 0 amide bonds. The minimum atomic E-state index is -1.60. The summed E-state index contributed by atoms with van der Waals surface area (Å²) in [6.07, 6.45) is -6.06. The van der Waals surface area contributed by atoms with Crippen molar-refractivity contribution in [2.24, 2.45) is 0 Å². The molecule has 2 N–H and O–H groups in total. The zero-order chi connectivity index (χ0) is 27.1. The van der Waals surface area contributed by atoms with Crippen LogP contribution in [0.4, 0.5) is 0 Å². The van der Waals surface area contributed by atoms with Crippen LogP contribution in [0, 0.1) is 0 Å². The maximum absolute atomic E-state index is 12.0. The summed E-state index contributed by atoms with van der Waals surface area (Å²) in [6.45, 7) is 8.07. The Morgan fingerprint density at radius 3 is 1.69 bits per heavy atom. The van der Waals surface area contributed by atoms with E-state index in [1.165, 1.54) is 0 Å². The molecular weight excluding hydrogens is 490 g/mol. The van der Waals surface area contributed by atoms with E-state index in [1.54, 1.807) is 13.8 Å². The van der Waals surface area contributed by atoms with Crippen LogP contribution in [0.1, 0.15) is 48.5 Å². The molecule has 1 heterocycles. The highest BCUT2D eigenvalue weighted by Crippen LogP contribution is 2.41. The Labute approximate surface area is 206 Å². The summed E-state index contributed by atoms with van der Waals surface area (Å²) in [6, 6.07) is -1.08. The Balaban J connectivity index is 3.59. The fourth-order valence-corrected chi connectivity index (χ4v) is 4.99. The lowest BCUT2D eigenvalue weighted by Crippen LogP contribution is -2.58.